The van der Waals surface area contributed by atoms with E-state index in [-0.39, 0.29) is 17.6 Å². The van der Waals surface area contributed by atoms with Crippen molar-refractivity contribution in [2.75, 3.05) is 27.3 Å². The Balaban J connectivity index is 0.000000534. The molecule has 1 aromatic rings. The number of piperidine rings is 1. The summed E-state index contributed by atoms with van der Waals surface area (Å²) in [6.07, 6.45) is 6.53. The van der Waals surface area contributed by atoms with Crippen molar-refractivity contribution in [1.29, 1.82) is 0 Å². The monoisotopic (exact) mass is 452 g/mol. The lowest BCUT2D eigenvalue weighted by Crippen LogP contribution is -2.42. The Morgan fingerprint density at radius 2 is 1.47 bits per heavy atom. The lowest BCUT2D eigenvalue weighted by molar-refractivity contribution is -0.159. The topological polar surface area (TPSA) is 146 Å². The van der Waals surface area contributed by atoms with Crippen molar-refractivity contribution in [3.05, 3.63) is 17.7 Å². The SMILES string of the molecule is COc1cc(CN2CCC(C(=O)NC3CCCC3)CC2)cc(OC)c1O.O=C(O)C(=O)O. The van der Waals surface area contributed by atoms with Crippen molar-refractivity contribution >= 4 is 17.8 Å². The molecule has 2 aliphatic rings. The van der Waals surface area contributed by atoms with Crippen LogP contribution >= 0.6 is 0 Å². The van der Waals surface area contributed by atoms with Crippen molar-refractivity contribution in [3.63, 3.8) is 0 Å². The van der Waals surface area contributed by atoms with Gasteiger partial charge >= 0.3 is 11.9 Å². The van der Waals surface area contributed by atoms with Crippen molar-refractivity contribution < 1.29 is 39.2 Å². The minimum absolute atomic E-state index is 0.0287. The molecule has 2 fully saturated rings. The summed E-state index contributed by atoms with van der Waals surface area (Å²) >= 11 is 0. The highest BCUT2D eigenvalue weighted by molar-refractivity contribution is 6.27. The average molecular weight is 453 g/mol. The van der Waals surface area contributed by atoms with Gasteiger partial charge in [0.2, 0.25) is 11.7 Å². The van der Waals surface area contributed by atoms with E-state index in [0.717, 1.165) is 50.9 Å². The van der Waals surface area contributed by atoms with E-state index < -0.39 is 11.9 Å². The summed E-state index contributed by atoms with van der Waals surface area (Å²) in [4.78, 5) is 33.0. The first-order valence-corrected chi connectivity index (χ1v) is 10.7. The number of nitrogens with zero attached hydrogens (tertiary/aromatic N) is 1. The number of carbonyl (C=O) groups excluding carboxylic acids is 1. The standard InChI is InChI=1S/C20H30N2O4.C2H2O4/c1-25-17-11-14(12-18(26-2)19(17)23)13-22-9-7-15(8-10-22)20(24)21-16-5-3-4-6-16;3-1(4)2(5)6/h11-12,15-16,23H,3-10,13H2,1-2H3,(H,21,24);(H,3,4)(H,5,6). The number of carboxylic acid groups (broad SMARTS) is 2. The van der Waals surface area contributed by atoms with Gasteiger partial charge in [-0.1, -0.05) is 12.8 Å². The molecule has 3 rings (SSSR count). The van der Waals surface area contributed by atoms with Crippen molar-refractivity contribution in [2.24, 2.45) is 5.92 Å². The number of rotatable bonds is 6. The normalized spacial score (nSPS) is 17.2. The second-order valence-corrected chi connectivity index (χ2v) is 8.00. The maximum atomic E-state index is 12.4. The van der Waals surface area contributed by atoms with E-state index in [9.17, 15) is 9.90 Å². The van der Waals surface area contributed by atoms with Crippen LogP contribution in [0.3, 0.4) is 0 Å². The number of amides is 1. The van der Waals surface area contributed by atoms with Crippen LogP contribution in [-0.4, -0.2) is 71.4 Å². The largest absolute Gasteiger partial charge is 0.502 e. The van der Waals surface area contributed by atoms with Crippen molar-refractivity contribution in [3.8, 4) is 17.2 Å². The third kappa shape index (κ3) is 7.30. The van der Waals surface area contributed by atoms with Crippen LogP contribution in [-0.2, 0) is 20.9 Å². The number of nitrogens with one attached hydrogen (secondary N) is 1. The molecule has 10 heteroatoms. The van der Waals surface area contributed by atoms with Crippen LogP contribution < -0.4 is 14.8 Å². The number of phenolic OH excluding ortho intramolecular Hbond substituents is 1. The highest BCUT2D eigenvalue weighted by Crippen LogP contribution is 2.37. The number of aliphatic carboxylic acids is 2. The van der Waals surface area contributed by atoms with Gasteiger partial charge in [-0.2, -0.15) is 0 Å². The van der Waals surface area contributed by atoms with Crippen LogP contribution in [0.15, 0.2) is 12.1 Å². The van der Waals surface area contributed by atoms with Crippen molar-refractivity contribution in [2.45, 2.75) is 51.1 Å². The van der Waals surface area contributed by atoms with E-state index in [1.165, 1.54) is 27.1 Å². The Morgan fingerprint density at radius 1 is 0.969 bits per heavy atom. The van der Waals surface area contributed by atoms with Gasteiger partial charge < -0.3 is 30.1 Å². The van der Waals surface area contributed by atoms with E-state index in [1.54, 1.807) is 0 Å². The zero-order valence-corrected chi connectivity index (χ0v) is 18.5. The van der Waals surface area contributed by atoms with E-state index in [2.05, 4.69) is 10.2 Å². The molecule has 0 bridgehead atoms. The first-order chi connectivity index (χ1) is 15.2. The van der Waals surface area contributed by atoms with Gasteiger partial charge in [0.15, 0.2) is 11.5 Å². The maximum Gasteiger partial charge on any atom is 0.414 e. The number of hydrogen-bond acceptors (Lipinski definition) is 7. The molecule has 0 spiro atoms. The van der Waals surface area contributed by atoms with Gasteiger partial charge in [0.1, 0.15) is 0 Å². The highest BCUT2D eigenvalue weighted by atomic mass is 16.5. The van der Waals surface area contributed by atoms with Crippen molar-refractivity contribution in [1.82, 2.24) is 10.2 Å². The summed E-state index contributed by atoms with van der Waals surface area (Å²) < 4.78 is 10.5. The molecular weight excluding hydrogens is 420 g/mol. The number of carbonyl (C=O) groups is 3. The van der Waals surface area contributed by atoms with Gasteiger partial charge in [0.25, 0.3) is 0 Å². The molecule has 32 heavy (non-hydrogen) atoms. The summed E-state index contributed by atoms with van der Waals surface area (Å²) in [5.41, 5.74) is 1.03. The molecule has 0 atom stereocenters. The quantitative estimate of drug-likeness (QED) is 0.475. The van der Waals surface area contributed by atoms with Crippen LogP contribution in [0.1, 0.15) is 44.1 Å². The number of phenols is 1. The number of likely N-dealkylation sites (tertiary alicyclic amines) is 1. The van der Waals surface area contributed by atoms with Gasteiger partial charge in [-0.05, 0) is 56.5 Å². The Kier molecular flexibility index (Phi) is 9.58. The number of methoxy groups -OCH3 is 2. The lowest BCUT2D eigenvalue weighted by Gasteiger charge is -2.32. The number of aromatic hydroxyl groups is 1. The van der Waals surface area contributed by atoms with Gasteiger partial charge in [0, 0.05) is 18.5 Å². The summed E-state index contributed by atoms with van der Waals surface area (Å²) in [7, 11) is 3.07. The zero-order valence-electron chi connectivity index (χ0n) is 18.5. The molecule has 1 aliphatic carbocycles. The minimum atomic E-state index is -1.82. The third-order valence-electron chi connectivity index (χ3n) is 5.79. The molecule has 1 aliphatic heterocycles. The van der Waals surface area contributed by atoms with Crippen LogP contribution in [0.5, 0.6) is 17.2 Å². The first-order valence-electron chi connectivity index (χ1n) is 10.7. The second kappa shape index (κ2) is 12.1. The molecular formula is C22H32N2O8. The maximum absolute atomic E-state index is 12.4. The number of hydrogen-bond donors (Lipinski definition) is 4. The fourth-order valence-corrected chi connectivity index (χ4v) is 4.04. The Morgan fingerprint density at radius 3 is 1.91 bits per heavy atom. The predicted molar refractivity (Wildman–Crippen MR) is 115 cm³/mol. The Hall–Kier alpha value is -3.01. The molecule has 1 saturated heterocycles. The molecule has 1 aromatic carbocycles. The van der Waals surface area contributed by atoms with Gasteiger partial charge in [0.05, 0.1) is 14.2 Å². The second-order valence-electron chi connectivity index (χ2n) is 8.00. The summed E-state index contributed by atoms with van der Waals surface area (Å²) in [6.45, 7) is 2.55. The molecule has 178 valence electrons. The predicted octanol–water partition coefficient (Wildman–Crippen LogP) is 1.84. The van der Waals surface area contributed by atoms with Crippen LogP contribution in [0.2, 0.25) is 0 Å². The number of benzene rings is 1. The molecule has 0 unspecified atom stereocenters. The van der Waals surface area contributed by atoms with E-state index >= 15 is 0 Å². The Bertz CT molecular complexity index is 762. The van der Waals surface area contributed by atoms with Crippen LogP contribution in [0.25, 0.3) is 0 Å². The van der Waals surface area contributed by atoms with E-state index in [0.29, 0.717) is 17.5 Å². The molecule has 4 N–H and O–H groups in total. The van der Waals surface area contributed by atoms with Crippen LogP contribution in [0, 0.1) is 5.92 Å². The fraction of sp³-hybridized carbons (Fsp3) is 0.591. The molecule has 1 saturated carbocycles. The molecule has 1 amide bonds. The summed E-state index contributed by atoms with van der Waals surface area (Å²) in [6, 6.07) is 4.09. The average Bonchev–Trinajstić information content (AvgIpc) is 3.28. The third-order valence-corrected chi connectivity index (χ3v) is 5.79. The molecule has 1 heterocycles. The number of carboxylic acids is 2. The summed E-state index contributed by atoms with van der Waals surface area (Å²) in [5.74, 6) is -2.40. The fourth-order valence-electron chi connectivity index (χ4n) is 4.04. The zero-order chi connectivity index (χ0) is 23.7. The smallest absolute Gasteiger partial charge is 0.414 e. The van der Waals surface area contributed by atoms with E-state index in [4.69, 9.17) is 29.3 Å². The van der Waals surface area contributed by atoms with Gasteiger partial charge in [-0.25, -0.2) is 9.59 Å². The number of ether oxygens (including phenoxy) is 2. The van der Waals surface area contributed by atoms with Gasteiger partial charge in [-0.15, -0.1) is 0 Å². The first kappa shape index (κ1) is 25.3. The molecule has 0 radical (unpaired) electrons. The summed E-state index contributed by atoms with van der Waals surface area (Å²) in [5, 5.41) is 28.0. The molecule has 10 nitrogen and oxygen atoms in total. The van der Waals surface area contributed by atoms with E-state index in [1.807, 2.05) is 12.1 Å². The minimum Gasteiger partial charge on any atom is -0.502 e. The lowest BCUT2D eigenvalue weighted by atomic mass is 9.95. The highest BCUT2D eigenvalue weighted by Gasteiger charge is 2.27. The van der Waals surface area contributed by atoms with Crippen LogP contribution in [0.4, 0.5) is 0 Å². The Labute approximate surface area is 187 Å². The molecule has 0 aromatic heterocycles. The van der Waals surface area contributed by atoms with Gasteiger partial charge in [-0.3, -0.25) is 9.69 Å².